The third-order valence-electron chi connectivity index (χ3n) is 6.50. The van der Waals surface area contributed by atoms with Gasteiger partial charge in [-0.1, -0.05) is 24.8 Å². The van der Waals surface area contributed by atoms with E-state index in [0.29, 0.717) is 30.4 Å². The van der Waals surface area contributed by atoms with Crippen LogP contribution in [0.25, 0.3) is 6.08 Å². The van der Waals surface area contributed by atoms with Crippen molar-refractivity contribution in [3.05, 3.63) is 76.2 Å². The number of aromatic nitrogens is 2. The Bertz CT molecular complexity index is 1550. The molecule has 14 heteroatoms. The summed E-state index contributed by atoms with van der Waals surface area (Å²) in [5, 5.41) is 2.55. The fourth-order valence-corrected chi connectivity index (χ4v) is 4.87. The van der Waals surface area contributed by atoms with Gasteiger partial charge >= 0.3 is 21.9 Å². The quantitative estimate of drug-likeness (QED) is 0.264. The zero-order valence-electron chi connectivity index (χ0n) is 23.1. The summed E-state index contributed by atoms with van der Waals surface area (Å²) < 4.78 is 43.8. The molecule has 0 bridgehead atoms. The number of fused-ring (bicyclic) bond motifs is 1. The van der Waals surface area contributed by atoms with E-state index in [1.54, 1.807) is 0 Å². The van der Waals surface area contributed by atoms with Crippen LogP contribution in [-0.4, -0.2) is 72.4 Å². The zero-order valence-corrected chi connectivity index (χ0v) is 23.9. The van der Waals surface area contributed by atoms with Gasteiger partial charge in [0.25, 0.3) is 11.5 Å². The Labute approximate surface area is 237 Å². The van der Waals surface area contributed by atoms with Gasteiger partial charge < -0.3 is 19.3 Å². The second-order valence-electron chi connectivity index (χ2n) is 9.52. The molecule has 0 radical (unpaired) electrons. The van der Waals surface area contributed by atoms with E-state index in [1.807, 2.05) is 0 Å². The molecule has 1 atom stereocenters. The first-order valence-corrected chi connectivity index (χ1v) is 14.5. The van der Waals surface area contributed by atoms with Gasteiger partial charge in [-0.15, -0.1) is 6.58 Å². The van der Waals surface area contributed by atoms with Crippen LogP contribution in [0.2, 0.25) is 0 Å². The molecule has 2 aromatic rings. The van der Waals surface area contributed by atoms with Crippen LogP contribution < -0.4 is 15.1 Å². The van der Waals surface area contributed by atoms with E-state index in [2.05, 4.69) is 23.5 Å². The van der Waals surface area contributed by atoms with E-state index in [4.69, 9.17) is 4.18 Å². The van der Waals surface area contributed by atoms with E-state index in [0.717, 1.165) is 15.7 Å². The molecule has 3 rings (SSSR count). The van der Waals surface area contributed by atoms with Crippen LogP contribution >= 0.6 is 0 Å². The molecular formula is C27H32FN5O7S. The first-order chi connectivity index (χ1) is 19.3. The Morgan fingerprint density at radius 3 is 2.56 bits per heavy atom. The number of carbonyl (C=O) groups is 3. The molecule has 1 N–H and O–H groups in total. The number of benzene rings is 1. The second-order valence-corrected chi connectivity index (χ2v) is 11.1. The monoisotopic (exact) mass is 589 g/mol. The molecule has 0 fully saturated rings. The highest BCUT2D eigenvalue weighted by Gasteiger charge is 2.35. The van der Waals surface area contributed by atoms with E-state index in [-0.39, 0.29) is 25.5 Å². The average Bonchev–Trinajstić information content (AvgIpc) is 3.14. The largest absolute Gasteiger partial charge is 0.374 e. The number of halogens is 1. The van der Waals surface area contributed by atoms with Crippen molar-refractivity contribution in [2.45, 2.75) is 38.4 Å². The van der Waals surface area contributed by atoms with E-state index in [1.165, 1.54) is 49.3 Å². The highest BCUT2D eigenvalue weighted by Crippen LogP contribution is 2.29. The smallest absolute Gasteiger partial charge is 0.312 e. The Hall–Kier alpha value is -4.33. The number of nitrogens with one attached hydrogen (secondary N) is 1. The minimum Gasteiger partial charge on any atom is -0.374 e. The summed E-state index contributed by atoms with van der Waals surface area (Å²) in [6, 6.07) is 2.98. The molecule has 1 unspecified atom stereocenters. The molecule has 1 aliphatic heterocycles. The van der Waals surface area contributed by atoms with Crippen LogP contribution in [0.3, 0.4) is 0 Å². The first-order valence-electron chi connectivity index (χ1n) is 12.7. The first kappa shape index (κ1) is 31.2. The standard InChI is InChI=1S/C27H32FN5O7S/c1-6-13-31(3)26(36)27(37)32(4)20-10-8-9-14-33-23(20)30-21(22(25(33)35)40-41(5,38)39)24(34)29-16-18-11-12-19(28)15-17(18)7-2/h6-7,11-12,15,20H,1-2,8-10,13-14,16H2,3-5H3,(H,29,34). The van der Waals surface area contributed by atoms with Crippen molar-refractivity contribution in [1.29, 1.82) is 0 Å². The summed E-state index contributed by atoms with van der Waals surface area (Å²) in [6.07, 6.45) is 4.93. The van der Waals surface area contributed by atoms with Crippen LogP contribution in [0, 0.1) is 5.82 Å². The van der Waals surface area contributed by atoms with Gasteiger partial charge in [0.15, 0.2) is 5.69 Å². The Morgan fingerprint density at radius 1 is 1.22 bits per heavy atom. The molecule has 3 amide bonds. The Morgan fingerprint density at radius 2 is 1.93 bits per heavy atom. The van der Waals surface area contributed by atoms with Crippen LogP contribution in [0.15, 0.2) is 42.2 Å². The molecule has 0 aliphatic carbocycles. The van der Waals surface area contributed by atoms with Crippen LogP contribution in [0.5, 0.6) is 5.75 Å². The lowest BCUT2D eigenvalue weighted by molar-refractivity contribution is -0.151. The molecule has 41 heavy (non-hydrogen) atoms. The van der Waals surface area contributed by atoms with Crippen molar-refractivity contribution < 1.29 is 31.4 Å². The van der Waals surface area contributed by atoms with E-state index >= 15 is 0 Å². The molecule has 1 aromatic heterocycles. The molecule has 2 heterocycles. The third kappa shape index (κ3) is 7.25. The second kappa shape index (κ2) is 12.9. The highest BCUT2D eigenvalue weighted by molar-refractivity contribution is 7.86. The molecule has 0 spiro atoms. The minimum absolute atomic E-state index is 0.00193. The predicted octanol–water partition coefficient (Wildman–Crippen LogP) is 1.62. The van der Waals surface area contributed by atoms with Crippen molar-refractivity contribution >= 4 is 33.9 Å². The van der Waals surface area contributed by atoms with Crippen LogP contribution in [0.4, 0.5) is 4.39 Å². The summed E-state index contributed by atoms with van der Waals surface area (Å²) in [5.74, 6) is -3.91. The Kier molecular flexibility index (Phi) is 9.81. The number of likely N-dealkylation sites (N-methyl/N-ethyl adjacent to an activating group) is 2. The third-order valence-corrected chi connectivity index (χ3v) is 6.97. The van der Waals surface area contributed by atoms with Gasteiger partial charge in [-0.3, -0.25) is 23.7 Å². The molecule has 1 aromatic carbocycles. The molecule has 1 aliphatic rings. The summed E-state index contributed by atoms with van der Waals surface area (Å²) in [7, 11) is -1.42. The fraction of sp³-hybridized carbons (Fsp3) is 0.370. The van der Waals surface area contributed by atoms with E-state index in [9.17, 15) is 32.0 Å². The van der Waals surface area contributed by atoms with Crippen LogP contribution in [0.1, 0.15) is 52.7 Å². The maximum absolute atomic E-state index is 13.6. The van der Waals surface area contributed by atoms with Crippen LogP contribution in [-0.2, 0) is 32.8 Å². The number of hydrogen-bond acceptors (Lipinski definition) is 8. The van der Waals surface area contributed by atoms with Crippen molar-refractivity contribution in [2.75, 3.05) is 26.9 Å². The van der Waals surface area contributed by atoms with Crippen molar-refractivity contribution in [3.8, 4) is 5.75 Å². The van der Waals surface area contributed by atoms with Crippen molar-refractivity contribution in [1.82, 2.24) is 24.7 Å². The number of carbonyl (C=O) groups excluding carboxylic acids is 3. The highest BCUT2D eigenvalue weighted by atomic mass is 32.2. The predicted molar refractivity (Wildman–Crippen MR) is 149 cm³/mol. The lowest BCUT2D eigenvalue weighted by Gasteiger charge is -2.29. The SMILES string of the molecule is C=CCN(C)C(=O)C(=O)N(C)C1CCCCn2c1nc(C(=O)NCc1ccc(F)cc1C=C)c(OS(C)(=O)=O)c2=O. The lowest BCUT2D eigenvalue weighted by Crippen LogP contribution is -2.45. The average molecular weight is 590 g/mol. The van der Waals surface area contributed by atoms with Gasteiger partial charge in [0.05, 0.1) is 12.3 Å². The van der Waals surface area contributed by atoms with Crippen molar-refractivity contribution in [3.63, 3.8) is 0 Å². The molecule has 220 valence electrons. The number of hydrogen-bond donors (Lipinski definition) is 1. The topological polar surface area (TPSA) is 148 Å². The fourth-order valence-electron chi connectivity index (χ4n) is 4.42. The maximum atomic E-state index is 13.6. The number of rotatable bonds is 9. The summed E-state index contributed by atoms with van der Waals surface area (Å²) in [6.45, 7) is 7.30. The molecule has 0 saturated carbocycles. The van der Waals surface area contributed by atoms with Gasteiger partial charge in [0, 0.05) is 33.7 Å². The van der Waals surface area contributed by atoms with Gasteiger partial charge in [-0.2, -0.15) is 8.42 Å². The van der Waals surface area contributed by atoms with Gasteiger partial charge in [0.1, 0.15) is 11.6 Å². The summed E-state index contributed by atoms with van der Waals surface area (Å²) >= 11 is 0. The van der Waals surface area contributed by atoms with Crippen molar-refractivity contribution in [2.24, 2.45) is 0 Å². The lowest BCUT2D eigenvalue weighted by atomic mass is 10.1. The Balaban J connectivity index is 2.09. The summed E-state index contributed by atoms with van der Waals surface area (Å²) in [4.78, 5) is 59.3. The van der Waals surface area contributed by atoms with Gasteiger partial charge in [0.2, 0.25) is 5.75 Å². The normalized spacial score (nSPS) is 14.7. The van der Waals surface area contributed by atoms with Gasteiger partial charge in [-0.05, 0) is 42.5 Å². The molecule has 12 nitrogen and oxygen atoms in total. The maximum Gasteiger partial charge on any atom is 0.312 e. The molecule has 0 saturated heterocycles. The van der Waals surface area contributed by atoms with E-state index < -0.39 is 56.7 Å². The zero-order chi connectivity index (χ0) is 30.5. The molecular weight excluding hydrogens is 557 g/mol. The summed E-state index contributed by atoms with van der Waals surface area (Å²) in [5.41, 5.74) is -0.630. The number of nitrogens with zero attached hydrogens (tertiary/aromatic N) is 4. The minimum atomic E-state index is -4.25. The number of amides is 3. The van der Waals surface area contributed by atoms with Gasteiger partial charge in [-0.25, -0.2) is 9.37 Å².